The molecule has 0 saturated carbocycles. The number of aliphatic hydroxyl groups is 1. The van der Waals surface area contributed by atoms with Gasteiger partial charge in [0.2, 0.25) is 0 Å². The van der Waals surface area contributed by atoms with E-state index in [0.29, 0.717) is 6.42 Å². The summed E-state index contributed by atoms with van der Waals surface area (Å²) >= 11 is 1.87. The maximum Gasteiger partial charge on any atom is 0.0650 e. The average molecular weight is 214 g/mol. The van der Waals surface area contributed by atoms with Gasteiger partial charge < -0.3 is 5.11 Å². The Balaban J connectivity index is 2.23. The molecular formula is C10H18N2OS. The molecule has 4 heteroatoms. The molecule has 1 rings (SSSR count). The van der Waals surface area contributed by atoms with Gasteiger partial charge in [-0.05, 0) is 24.0 Å². The first-order valence-electron chi connectivity index (χ1n) is 4.96. The van der Waals surface area contributed by atoms with Crippen LogP contribution in [0.3, 0.4) is 0 Å². The third-order valence-corrected chi connectivity index (χ3v) is 2.95. The van der Waals surface area contributed by atoms with Gasteiger partial charge in [-0.2, -0.15) is 16.9 Å². The Kier molecular flexibility index (Phi) is 5.04. The van der Waals surface area contributed by atoms with Crippen molar-refractivity contribution in [3.63, 3.8) is 0 Å². The summed E-state index contributed by atoms with van der Waals surface area (Å²) in [6.07, 6.45) is 3.19. The van der Waals surface area contributed by atoms with Crippen LogP contribution in [-0.4, -0.2) is 32.5 Å². The molecule has 0 aromatic carbocycles. The summed E-state index contributed by atoms with van der Waals surface area (Å²) in [6, 6.07) is 1.95. The van der Waals surface area contributed by atoms with Gasteiger partial charge in [-0.3, -0.25) is 4.68 Å². The highest BCUT2D eigenvalue weighted by Crippen LogP contribution is 2.08. The van der Waals surface area contributed by atoms with Crippen LogP contribution in [0.1, 0.15) is 19.0 Å². The summed E-state index contributed by atoms with van der Waals surface area (Å²) in [7, 11) is 1.89. The van der Waals surface area contributed by atoms with Crippen molar-refractivity contribution in [2.75, 3.05) is 11.5 Å². The molecule has 0 fully saturated rings. The fourth-order valence-electron chi connectivity index (χ4n) is 1.28. The highest BCUT2D eigenvalue weighted by Gasteiger charge is 2.06. The maximum absolute atomic E-state index is 9.68. The Hall–Kier alpha value is -0.480. The fraction of sp³-hybridized carbons (Fsp3) is 0.700. The molecule has 3 nitrogen and oxygen atoms in total. The van der Waals surface area contributed by atoms with Gasteiger partial charge in [0, 0.05) is 19.7 Å². The topological polar surface area (TPSA) is 38.0 Å². The second kappa shape index (κ2) is 6.09. The summed E-state index contributed by atoms with van der Waals surface area (Å²) in [5, 5.41) is 13.9. The zero-order chi connectivity index (χ0) is 10.4. The molecule has 0 amide bonds. The van der Waals surface area contributed by atoms with Crippen molar-refractivity contribution in [2.24, 2.45) is 7.05 Å². The molecule has 1 atom stereocenters. The van der Waals surface area contributed by atoms with Gasteiger partial charge in [-0.1, -0.05) is 6.92 Å². The van der Waals surface area contributed by atoms with Crippen molar-refractivity contribution in [3.8, 4) is 0 Å². The van der Waals surface area contributed by atoms with E-state index in [1.54, 1.807) is 4.68 Å². The Bertz CT molecular complexity index is 262. The van der Waals surface area contributed by atoms with E-state index in [2.05, 4.69) is 12.0 Å². The standard InChI is InChI=1S/C10H18N2OS/c1-3-14-7-5-10(13)8-9-4-6-12(2)11-9/h4,6,10,13H,3,5,7-8H2,1-2H3. The number of hydrogen-bond acceptors (Lipinski definition) is 3. The van der Waals surface area contributed by atoms with Gasteiger partial charge in [0.25, 0.3) is 0 Å². The summed E-state index contributed by atoms with van der Waals surface area (Å²) in [5.41, 5.74) is 0.974. The second-order valence-corrected chi connectivity index (χ2v) is 4.72. The number of aromatic nitrogens is 2. The van der Waals surface area contributed by atoms with E-state index in [4.69, 9.17) is 0 Å². The Morgan fingerprint density at radius 3 is 3.00 bits per heavy atom. The van der Waals surface area contributed by atoms with E-state index in [0.717, 1.165) is 23.6 Å². The van der Waals surface area contributed by atoms with Gasteiger partial charge in [0.1, 0.15) is 0 Å². The minimum absolute atomic E-state index is 0.246. The van der Waals surface area contributed by atoms with Crippen LogP contribution in [0.5, 0.6) is 0 Å². The molecule has 80 valence electrons. The number of rotatable bonds is 6. The third-order valence-electron chi connectivity index (χ3n) is 2.01. The van der Waals surface area contributed by atoms with Gasteiger partial charge in [-0.15, -0.1) is 0 Å². The lowest BCUT2D eigenvalue weighted by Gasteiger charge is -2.07. The maximum atomic E-state index is 9.68. The zero-order valence-electron chi connectivity index (χ0n) is 8.81. The van der Waals surface area contributed by atoms with Gasteiger partial charge in [-0.25, -0.2) is 0 Å². The number of aryl methyl sites for hydroxylation is 1. The van der Waals surface area contributed by atoms with Crippen LogP contribution >= 0.6 is 11.8 Å². The number of thioether (sulfide) groups is 1. The molecule has 1 heterocycles. The largest absolute Gasteiger partial charge is 0.393 e. The summed E-state index contributed by atoms with van der Waals surface area (Å²) in [4.78, 5) is 0. The van der Waals surface area contributed by atoms with Crippen molar-refractivity contribution >= 4 is 11.8 Å². The van der Waals surface area contributed by atoms with Crippen LogP contribution < -0.4 is 0 Å². The first kappa shape index (κ1) is 11.6. The molecule has 1 aromatic rings. The van der Waals surface area contributed by atoms with E-state index in [-0.39, 0.29) is 6.10 Å². The van der Waals surface area contributed by atoms with Gasteiger partial charge >= 0.3 is 0 Å². The molecule has 0 bridgehead atoms. The van der Waals surface area contributed by atoms with E-state index in [1.165, 1.54) is 0 Å². The van der Waals surface area contributed by atoms with Crippen molar-refractivity contribution in [1.29, 1.82) is 0 Å². The smallest absolute Gasteiger partial charge is 0.0650 e. The molecule has 0 saturated heterocycles. The van der Waals surface area contributed by atoms with E-state index < -0.39 is 0 Å². The minimum atomic E-state index is -0.246. The number of aliphatic hydroxyl groups excluding tert-OH is 1. The van der Waals surface area contributed by atoms with Crippen molar-refractivity contribution < 1.29 is 5.11 Å². The highest BCUT2D eigenvalue weighted by atomic mass is 32.2. The number of hydrogen-bond donors (Lipinski definition) is 1. The Morgan fingerprint density at radius 1 is 1.64 bits per heavy atom. The third kappa shape index (κ3) is 4.15. The molecule has 0 spiro atoms. The quantitative estimate of drug-likeness (QED) is 0.729. The summed E-state index contributed by atoms with van der Waals surface area (Å²) in [6.45, 7) is 2.13. The van der Waals surface area contributed by atoms with Crippen LogP contribution in [0, 0.1) is 0 Å². The lowest BCUT2D eigenvalue weighted by atomic mass is 10.1. The van der Waals surface area contributed by atoms with Gasteiger partial charge in [0.15, 0.2) is 0 Å². The fourth-order valence-corrected chi connectivity index (χ4v) is 2.01. The van der Waals surface area contributed by atoms with E-state index in [9.17, 15) is 5.11 Å². The Morgan fingerprint density at radius 2 is 2.43 bits per heavy atom. The molecule has 14 heavy (non-hydrogen) atoms. The zero-order valence-corrected chi connectivity index (χ0v) is 9.63. The first-order chi connectivity index (χ1) is 6.72. The Labute approximate surface area is 89.5 Å². The molecule has 0 aliphatic heterocycles. The lowest BCUT2D eigenvalue weighted by Crippen LogP contribution is -2.12. The van der Waals surface area contributed by atoms with E-state index >= 15 is 0 Å². The monoisotopic (exact) mass is 214 g/mol. The SMILES string of the molecule is CCSCCC(O)Cc1ccn(C)n1. The molecule has 0 aliphatic carbocycles. The molecule has 1 N–H and O–H groups in total. The van der Waals surface area contributed by atoms with Crippen molar-refractivity contribution in [1.82, 2.24) is 9.78 Å². The van der Waals surface area contributed by atoms with E-state index in [1.807, 2.05) is 31.1 Å². The highest BCUT2D eigenvalue weighted by molar-refractivity contribution is 7.99. The molecular weight excluding hydrogens is 196 g/mol. The van der Waals surface area contributed by atoms with Crippen LogP contribution in [-0.2, 0) is 13.5 Å². The molecule has 1 aromatic heterocycles. The second-order valence-electron chi connectivity index (χ2n) is 3.32. The molecule has 0 aliphatic rings. The molecule has 0 radical (unpaired) electrons. The average Bonchev–Trinajstić information content (AvgIpc) is 2.52. The van der Waals surface area contributed by atoms with Crippen LogP contribution in [0.15, 0.2) is 12.3 Å². The number of nitrogens with zero attached hydrogens (tertiary/aromatic N) is 2. The lowest BCUT2D eigenvalue weighted by molar-refractivity contribution is 0.170. The molecule has 1 unspecified atom stereocenters. The predicted octanol–water partition coefficient (Wildman–Crippen LogP) is 1.47. The minimum Gasteiger partial charge on any atom is -0.393 e. The predicted molar refractivity (Wildman–Crippen MR) is 60.5 cm³/mol. The summed E-state index contributed by atoms with van der Waals surface area (Å²) < 4.78 is 1.77. The summed E-state index contributed by atoms with van der Waals surface area (Å²) in [5.74, 6) is 2.15. The first-order valence-corrected chi connectivity index (χ1v) is 6.12. The van der Waals surface area contributed by atoms with Crippen LogP contribution in [0.25, 0.3) is 0 Å². The van der Waals surface area contributed by atoms with Gasteiger partial charge in [0.05, 0.1) is 11.8 Å². The van der Waals surface area contributed by atoms with Crippen molar-refractivity contribution in [3.05, 3.63) is 18.0 Å². The van der Waals surface area contributed by atoms with Crippen LogP contribution in [0.2, 0.25) is 0 Å². The normalized spacial score (nSPS) is 13.1. The van der Waals surface area contributed by atoms with Crippen LogP contribution in [0.4, 0.5) is 0 Å². The van der Waals surface area contributed by atoms with Crippen molar-refractivity contribution in [2.45, 2.75) is 25.9 Å².